The van der Waals surface area contributed by atoms with Crippen LogP contribution in [0.15, 0.2) is 0 Å². The summed E-state index contributed by atoms with van der Waals surface area (Å²) in [5, 5.41) is 8.57. The first-order chi connectivity index (χ1) is 6.72. The molecule has 1 fully saturated rings. The molecule has 1 aliphatic rings. The van der Waals surface area contributed by atoms with Gasteiger partial charge in [0, 0.05) is 20.2 Å². The minimum absolute atomic E-state index is 0.115. The second kappa shape index (κ2) is 5.95. The average molecular weight is 203 g/mol. The van der Waals surface area contributed by atoms with Crippen LogP contribution >= 0.6 is 0 Å². The molecule has 1 heterocycles. The Bertz CT molecular complexity index is 186. The molecule has 0 aromatic heterocycles. The van der Waals surface area contributed by atoms with Crippen LogP contribution in [0.3, 0.4) is 0 Å². The van der Waals surface area contributed by atoms with Gasteiger partial charge in [-0.2, -0.15) is 0 Å². The number of nitrogens with zero attached hydrogens (tertiary/aromatic N) is 1. The largest absolute Gasteiger partial charge is 0.480 e. The number of aliphatic carboxylic acids is 1. The van der Waals surface area contributed by atoms with Crippen LogP contribution in [0.2, 0.25) is 0 Å². The summed E-state index contributed by atoms with van der Waals surface area (Å²) in [7, 11) is 1.63. The minimum atomic E-state index is -0.775. The molecular weight excluding hydrogens is 186 g/mol. The SMILES string of the molecule is COCCO[C@H]1CCN(CC(=O)O)C1. The maximum Gasteiger partial charge on any atom is 0.317 e. The third-order valence-corrected chi connectivity index (χ3v) is 2.23. The van der Waals surface area contributed by atoms with Crippen LogP contribution in [-0.2, 0) is 14.3 Å². The van der Waals surface area contributed by atoms with Crippen LogP contribution in [0.5, 0.6) is 0 Å². The Morgan fingerprint density at radius 3 is 3.00 bits per heavy atom. The van der Waals surface area contributed by atoms with Crippen molar-refractivity contribution in [3.8, 4) is 0 Å². The molecule has 82 valence electrons. The van der Waals surface area contributed by atoms with E-state index in [1.807, 2.05) is 4.90 Å². The molecule has 0 amide bonds. The van der Waals surface area contributed by atoms with Gasteiger partial charge in [0.25, 0.3) is 0 Å². The Balaban J connectivity index is 2.11. The normalized spacial score (nSPS) is 22.8. The molecule has 14 heavy (non-hydrogen) atoms. The molecule has 0 aromatic carbocycles. The number of hydrogen-bond donors (Lipinski definition) is 1. The number of carbonyl (C=O) groups is 1. The summed E-state index contributed by atoms with van der Waals surface area (Å²) in [5.74, 6) is -0.775. The minimum Gasteiger partial charge on any atom is -0.480 e. The zero-order valence-corrected chi connectivity index (χ0v) is 8.44. The van der Waals surface area contributed by atoms with Gasteiger partial charge in [0.05, 0.1) is 25.9 Å². The molecule has 0 aromatic rings. The van der Waals surface area contributed by atoms with Crippen LogP contribution in [-0.4, -0.2) is 62.0 Å². The summed E-state index contributed by atoms with van der Waals surface area (Å²) >= 11 is 0. The fourth-order valence-corrected chi connectivity index (χ4v) is 1.57. The predicted octanol–water partition coefficient (Wildman–Crippen LogP) is -0.192. The van der Waals surface area contributed by atoms with Gasteiger partial charge in [0.2, 0.25) is 0 Å². The highest BCUT2D eigenvalue weighted by atomic mass is 16.5. The van der Waals surface area contributed by atoms with E-state index in [9.17, 15) is 4.79 Å². The van der Waals surface area contributed by atoms with Crippen molar-refractivity contribution in [2.45, 2.75) is 12.5 Å². The Kier molecular flexibility index (Phi) is 4.86. The van der Waals surface area contributed by atoms with E-state index in [1.54, 1.807) is 7.11 Å². The lowest BCUT2D eigenvalue weighted by Gasteiger charge is -2.13. The van der Waals surface area contributed by atoms with Gasteiger partial charge in [-0.3, -0.25) is 9.69 Å². The summed E-state index contributed by atoms with van der Waals surface area (Å²) in [4.78, 5) is 12.3. The van der Waals surface area contributed by atoms with Gasteiger partial charge in [-0.15, -0.1) is 0 Å². The van der Waals surface area contributed by atoms with E-state index in [2.05, 4.69) is 0 Å². The summed E-state index contributed by atoms with van der Waals surface area (Å²) in [5.41, 5.74) is 0. The van der Waals surface area contributed by atoms with Crippen molar-refractivity contribution >= 4 is 5.97 Å². The molecule has 1 rings (SSSR count). The number of carboxylic acid groups (broad SMARTS) is 1. The van der Waals surface area contributed by atoms with E-state index in [1.165, 1.54) is 0 Å². The van der Waals surface area contributed by atoms with E-state index in [0.717, 1.165) is 19.5 Å². The first-order valence-corrected chi connectivity index (χ1v) is 4.77. The summed E-state index contributed by atoms with van der Waals surface area (Å²) < 4.78 is 10.4. The zero-order valence-electron chi connectivity index (χ0n) is 8.44. The van der Waals surface area contributed by atoms with Gasteiger partial charge in [0.1, 0.15) is 0 Å². The fraction of sp³-hybridized carbons (Fsp3) is 0.889. The number of methoxy groups -OCH3 is 1. The average Bonchev–Trinajstić information content (AvgIpc) is 2.52. The number of carboxylic acids is 1. The first-order valence-electron chi connectivity index (χ1n) is 4.77. The topological polar surface area (TPSA) is 59.0 Å². The Hall–Kier alpha value is -0.650. The van der Waals surface area contributed by atoms with Gasteiger partial charge >= 0.3 is 5.97 Å². The van der Waals surface area contributed by atoms with Crippen molar-refractivity contribution in [1.82, 2.24) is 4.90 Å². The lowest BCUT2D eigenvalue weighted by molar-refractivity contribution is -0.138. The molecule has 0 aliphatic carbocycles. The molecule has 0 unspecified atom stereocenters. The van der Waals surface area contributed by atoms with Gasteiger partial charge < -0.3 is 14.6 Å². The van der Waals surface area contributed by atoms with Crippen LogP contribution < -0.4 is 0 Å². The number of rotatable bonds is 6. The third kappa shape index (κ3) is 4.04. The Labute approximate surface area is 83.6 Å². The molecule has 1 N–H and O–H groups in total. The lowest BCUT2D eigenvalue weighted by atomic mass is 10.3. The van der Waals surface area contributed by atoms with E-state index in [-0.39, 0.29) is 12.6 Å². The second-order valence-electron chi connectivity index (χ2n) is 3.40. The Morgan fingerprint density at radius 1 is 1.57 bits per heavy atom. The molecule has 1 aliphatic heterocycles. The van der Waals surface area contributed by atoms with E-state index >= 15 is 0 Å². The van der Waals surface area contributed by atoms with Crippen molar-refractivity contribution in [1.29, 1.82) is 0 Å². The van der Waals surface area contributed by atoms with Crippen LogP contribution in [0.25, 0.3) is 0 Å². The smallest absolute Gasteiger partial charge is 0.317 e. The van der Waals surface area contributed by atoms with Gasteiger partial charge in [-0.1, -0.05) is 0 Å². The molecule has 5 nitrogen and oxygen atoms in total. The molecule has 0 saturated carbocycles. The maximum atomic E-state index is 10.4. The van der Waals surface area contributed by atoms with E-state index < -0.39 is 5.97 Å². The monoisotopic (exact) mass is 203 g/mol. The van der Waals surface area contributed by atoms with Gasteiger partial charge in [-0.25, -0.2) is 0 Å². The summed E-state index contributed by atoms with van der Waals surface area (Å²) in [6.45, 7) is 2.82. The van der Waals surface area contributed by atoms with Crippen molar-refractivity contribution < 1.29 is 19.4 Å². The summed E-state index contributed by atoms with van der Waals surface area (Å²) in [6.07, 6.45) is 1.08. The number of ether oxygens (including phenoxy) is 2. The van der Waals surface area contributed by atoms with Crippen molar-refractivity contribution in [3.63, 3.8) is 0 Å². The molecule has 1 saturated heterocycles. The van der Waals surface area contributed by atoms with Crippen LogP contribution in [0, 0.1) is 0 Å². The van der Waals surface area contributed by atoms with Crippen LogP contribution in [0.1, 0.15) is 6.42 Å². The van der Waals surface area contributed by atoms with Gasteiger partial charge in [0.15, 0.2) is 0 Å². The number of hydrogen-bond acceptors (Lipinski definition) is 4. The number of likely N-dealkylation sites (tertiary alicyclic amines) is 1. The van der Waals surface area contributed by atoms with Crippen LogP contribution in [0.4, 0.5) is 0 Å². The standard InChI is InChI=1S/C9H17NO4/c1-13-4-5-14-8-2-3-10(6-8)7-9(11)12/h8H,2-7H2,1H3,(H,11,12)/t8-/m0/s1. The highest BCUT2D eigenvalue weighted by Gasteiger charge is 2.23. The third-order valence-electron chi connectivity index (χ3n) is 2.23. The quantitative estimate of drug-likeness (QED) is 0.606. The lowest BCUT2D eigenvalue weighted by Crippen LogP contribution is -2.29. The predicted molar refractivity (Wildman–Crippen MR) is 50.3 cm³/mol. The van der Waals surface area contributed by atoms with Gasteiger partial charge in [-0.05, 0) is 6.42 Å². The highest BCUT2D eigenvalue weighted by molar-refractivity contribution is 5.69. The summed E-state index contributed by atoms with van der Waals surface area (Å²) in [6, 6.07) is 0. The Morgan fingerprint density at radius 2 is 2.36 bits per heavy atom. The highest BCUT2D eigenvalue weighted by Crippen LogP contribution is 2.11. The molecule has 0 spiro atoms. The first kappa shape index (κ1) is 11.4. The zero-order chi connectivity index (χ0) is 10.4. The molecule has 1 atom stereocenters. The van der Waals surface area contributed by atoms with E-state index in [0.29, 0.717) is 13.2 Å². The fourth-order valence-electron chi connectivity index (χ4n) is 1.57. The van der Waals surface area contributed by atoms with Crippen molar-refractivity contribution in [2.24, 2.45) is 0 Å². The maximum absolute atomic E-state index is 10.4. The second-order valence-corrected chi connectivity index (χ2v) is 3.40. The molecule has 0 bridgehead atoms. The molecular formula is C9H17NO4. The van der Waals surface area contributed by atoms with E-state index in [4.69, 9.17) is 14.6 Å². The molecule has 5 heteroatoms. The van der Waals surface area contributed by atoms with Crippen molar-refractivity contribution in [3.05, 3.63) is 0 Å². The molecule has 0 radical (unpaired) electrons. The van der Waals surface area contributed by atoms with Crippen molar-refractivity contribution in [2.75, 3.05) is 40.0 Å².